The molecule has 3 rings (SSSR count). The van der Waals surface area contributed by atoms with E-state index in [2.05, 4.69) is 5.32 Å². The van der Waals surface area contributed by atoms with Crippen molar-refractivity contribution < 1.29 is 14.0 Å². The molecule has 1 aliphatic carbocycles. The quantitative estimate of drug-likeness (QED) is 0.847. The topological polar surface area (TPSA) is 49.4 Å². The third-order valence-electron chi connectivity index (χ3n) is 3.78. The second kappa shape index (κ2) is 5.46. The maximum atomic E-state index is 13.5. The Morgan fingerprint density at radius 2 is 1.81 bits per heavy atom. The normalized spacial score (nSPS) is 23.0. The van der Waals surface area contributed by atoms with Crippen LogP contribution in [-0.2, 0) is 9.59 Å². The second-order valence-corrected chi connectivity index (χ2v) is 6.16. The van der Waals surface area contributed by atoms with E-state index in [1.165, 1.54) is 17.0 Å². The van der Waals surface area contributed by atoms with Gasteiger partial charge in [0.05, 0.1) is 10.0 Å². The maximum Gasteiger partial charge on any atom is 0.249 e. The molecule has 112 valence electrons. The summed E-state index contributed by atoms with van der Waals surface area (Å²) in [6.07, 6.45) is 2.05. The smallest absolute Gasteiger partial charge is 0.249 e. The highest BCUT2D eigenvalue weighted by molar-refractivity contribution is 6.35. The predicted octanol–water partition coefficient (Wildman–Crippen LogP) is 2.76. The summed E-state index contributed by atoms with van der Waals surface area (Å²) in [4.78, 5) is 25.8. The lowest BCUT2D eigenvalue weighted by molar-refractivity contribution is -0.126. The van der Waals surface area contributed by atoms with Crippen molar-refractivity contribution in [2.24, 2.45) is 5.92 Å². The molecule has 0 bridgehead atoms. The minimum Gasteiger partial charge on any atom is -0.344 e. The number of hydrogen-bond acceptors (Lipinski definition) is 2. The van der Waals surface area contributed by atoms with Crippen molar-refractivity contribution in [2.75, 3.05) is 11.4 Å². The van der Waals surface area contributed by atoms with Crippen molar-refractivity contribution >= 4 is 40.7 Å². The number of hydrogen-bond donors (Lipinski definition) is 1. The number of nitrogens with zero attached hydrogens (tertiary/aromatic N) is 1. The Labute approximate surface area is 131 Å². The lowest BCUT2D eigenvalue weighted by atomic mass is 10.1. The highest BCUT2D eigenvalue weighted by Gasteiger charge is 2.41. The van der Waals surface area contributed by atoms with Crippen LogP contribution in [0.4, 0.5) is 10.1 Å². The third-order valence-corrected chi connectivity index (χ3v) is 4.33. The molecule has 1 unspecified atom stereocenters. The molecule has 0 aromatic heterocycles. The fraction of sp³-hybridized carbons (Fsp3) is 0.429. The fourth-order valence-electron chi connectivity index (χ4n) is 2.50. The summed E-state index contributed by atoms with van der Waals surface area (Å²) < 4.78 is 13.5. The number of rotatable bonds is 2. The standard InChI is InChI=1S/C14H13Cl2FN2O2/c15-9-5-8(6-10(16)12(9)17)19-4-3-11(20)18-13(14(19)21)7-1-2-7/h5-7,13H,1-4H2,(H,18,20). The van der Waals surface area contributed by atoms with Gasteiger partial charge in [0.25, 0.3) is 0 Å². The zero-order chi connectivity index (χ0) is 15.1. The summed E-state index contributed by atoms with van der Waals surface area (Å²) >= 11 is 11.6. The molecule has 1 heterocycles. The third kappa shape index (κ3) is 2.85. The van der Waals surface area contributed by atoms with Gasteiger partial charge in [-0.3, -0.25) is 9.59 Å². The van der Waals surface area contributed by atoms with E-state index in [0.717, 1.165) is 12.8 Å². The minimum atomic E-state index is -0.711. The molecule has 1 aromatic rings. The van der Waals surface area contributed by atoms with Crippen molar-refractivity contribution in [1.29, 1.82) is 0 Å². The monoisotopic (exact) mass is 330 g/mol. The summed E-state index contributed by atoms with van der Waals surface area (Å²) in [5.74, 6) is -0.866. The largest absolute Gasteiger partial charge is 0.344 e. The average molecular weight is 331 g/mol. The Hall–Kier alpha value is -1.33. The SMILES string of the molecule is O=C1CCN(c2cc(Cl)c(F)c(Cl)c2)C(=O)C(C2CC2)N1. The van der Waals surface area contributed by atoms with Gasteiger partial charge in [-0.25, -0.2) is 4.39 Å². The first-order chi connectivity index (χ1) is 9.97. The Bertz CT molecular complexity index is 596. The highest BCUT2D eigenvalue weighted by Crippen LogP contribution is 2.36. The van der Waals surface area contributed by atoms with Crippen LogP contribution in [0.3, 0.4) is 0 Å². The van der Waals surface area contributed by atoms with Gasteiger partial charge in [0.15, 0.2) is 5.82 Å². The van der Waals surface area contributed by atoms with Crippen LogP contribution in [-0.4, -0.2) is 24.4 Å². The van der Waals surface area contributed by atoms with Gasteiger partial charge in [-0.2, -0.15) is 0 Å². The van der Waals surface area contributed by atoms with Crippen molar-refractivity contribution in [3.63, 3.8) is 0 Å². The number of carbonyl (C=O) groups excluding carboxylic acids is 2. The molecule has 7 heteroatoms. The Morgan fingerprint density at radius 3 is 2.38 bits per heavy atom. The van der Waals surface area contributed by atoms with Crippen molar-refractivity contribution in [3.05, 3.63) is 28.0 Å². The van der Waals surface area contributed by atoms with Crippen molar-refractivity contribution in [3.8, 4) is 0 Å². The first-order valence-electron chi connectivity index (χ1n) is 6.72. The van der Waals surface area contributed by atoms with E-state index >= 15 is 0 Å². The van der Waals surface area contributed by atoms with Crippen LogP contribution in [0.2, 0.25) is 10.0 Å². The van der Waals surface area contributed by atoms with Gasteiger partial charge in [0, 0.05) is 18.7 Å². The minimum absolute atomic E-state index is 0.142. The predicted molar refractivity (Wildman–Crippen MR) is 78.0 cm³/mol. The average Bonchev–Trinajstić information content (AvgIpc) is 3.25. The van der Waals surface area contributed by atoms with Gasteiger partial charge in [0.2, 0.25) is 11.8 Å². The molecule has 2 aliphatic rings. The van der Waals surface area contributed by atoms with Crippen LogP contribution in [0.25, 0.3) is 0 Å². The molecule has 4 nitrogen and oxygen atoms in total. The molecule has 1 saturated heterocycles. The Kier molecular flexibility index (Phi) is 3.80. The Morgan fingerprint density at radius 1 is 1.19 bits per heavy atom. The van der Waals surface area contributed by atoms with Crippen LogP contribution in [0, 0.1) is 11.7 Å². The summed E-state index contributed by atoms with van der Waals surface area (Å²) in [5.41, 5.74) is 0.415. The van der Waals surface area contributed by atoms with E-state index in [9.17, 15) is 14.0 Å². The molecular weight excluding hydrogens is 318 g/mol. The molecular formula is C14H13Cl2FN2O2. The van der Waals surface area contributed by atoms with E-state index in [-0.39, 0.29) is 40.7 Å². The molecule has 1 N–H and O–H groups in total. The van der Waals surface area contributed by atoms with Crippen LogP contribution in [0.1, 0.15) is 19.3 Å². The first-order valence-corrected chi connectivity index (χ1v) is 7.48. The van der Waals surface area contributed by atoms with Gasteiger partial charge in [-0.1, -0.05) is 23.2 Å². The van der Waals surface area contributed by atoms with Gasteiger partial charge < -0.3 is 10.2 Å². The fourth-order valence-corrected chi connectivity index (χ4v) is 2.98. The van der Waals surface area contributed by atoms with E-state index in [0.29, 0.717) is 5.69 Å². The molecule has 2 fully saturated rings. The van der Waals surface area contributed by atoms with E-state index < -0.39 is 11.9 Å². The molecule has 0 spiro atoms. The molecule has 21 heavy (non-hydrogen) atoms. The van der Waals surface area contributed by atoms with E-state index in [4.69, 9.17) is 23.2 Å². The Balaban J connectivity index is 1.95. The first kappa shape index (κ1) is 14.6. The zero-order valence-electron chi connectivity index (χ0n) is 11.0. The maximum absolute atomic E-state index is 13.5. The highest BCUT2D eigenvalue weighted by atomic mass is 35.5. The number of carbonyl (C=O) groups is 2. The molecule has 1 saturated carbocycles. The molecule has 2 amide bonds. The number of benzene rings is 1. The van der Waals surface area contributed by atoms with Crippen LogP contribution < -0.4 is 10.2 Å². The van der Waals surface area contributed by atoms with Crippen LogP contribution in [0.15, 0.2) is 12.1 Å². The van der Waals surface area contributed by atoms with Crippen LogP contribution >= 0.6 is 23.2 Å². The molecule has 1 aromatic carbocycles. The van der Waals surface area contributed by atoms with Gasteiger partial charge in [0.1, 0.15) is 6.04 Å². The second-order valence-electron chi connectivity index (χ2n) is 5.35. The van der Waals surface area contributed by atoms with Gasteiger partial charge in [-0.05, 0) is 30.9 Å². The van der Waals surface area contributed by atoms with Gasteiger partial charge in [-0.15, -0.1) is 0 Å². The van der Waals surface area contributed by atoms with Gasteiger partial charge >= 0.3 is 0 Å². The molecule has 1 aliphatic heterocycles. The van der Waals surface area contributed by atoms with Crippen molar-refractivity contribution in [2.45, 2.75) is 25.3 Å². The molecule has 1 atom stereocenters. The zero-order valence-corrected chi connectivity index (χ0v) is 12.5. The van der Waals surface area contributed by atoms with Crippen LogP contribution in [0.5, 0.6) is 0 Å². The van der Waals surface area contributed by atoms with E-state index in [1.807, 2.05) is 0 Å². The number of anilines is 1. The number of amides is 2. The summed E-state index contributed by atoms with van der Waals surface area (Å²) in [5, 5.41) is 2.48. The summed E-state index contributed by atoms with van der Waals surface area (Å²) in [6.45, 7) is 0.228. The number of nitrogens with one attached hydrogen (secondary N) is 1. The van der Waals surface area contributed by atoms with E-state index in [1.54, 1.807) is 0 Å². The lowest BCUT2D eigenvalue weighted by Gasteiger charge is -2.24. The molecule has 0 radical (unpaired) electrons. The van der Waals surface area contributed by atoms with Crippen molar-refractivity contribution in [1.82, 2.24) is 5.32 Å². The summed E-state index contributed by atoms with van der Waals surface area (Å²) in [6, 6.07) is 2.21. The summed E-state index contributed by atoms with van der Waals surface area (Å²) in [7, 11) is 0. The number of halogens is 3. The lowest BCUT2D eigenvalue weighted by Crippen LogP contribution is -2.46.